The van der Waals surface area contributed by atoms with Crippen LogP contribution in [0.3, 0.4) is 0 Å². The molecule has 1 heterocycles. The van der Waals surface area contributed by atoms with Crippen molar-refractivity contribution in [3.05, 3.63) is 33.8 Å². The molecule has 0 aliphatic carbocycles. The van der Waals surface area contributed by atoms with E-state index in [0.717, 1.165) is 15.8 Å². The number of ether oxygens (including phenoxy) is 1. The average molecular weight is 312 g/mol. The molecule has 0 unspecified atom stereocenters. The molecule has 0 bridgehead atoms. The minimum atomic E-state index is -0.144. The molecule has 0 aromatic heterocycles. The number of nitrogens with one attached hydrogen (secondary N) is 1. The van der Waals surface area contributed by atoms with E-state index in [4.69, 9.17) is 9.84 Å². The van der Waals surface area contributed by atoms with Gasteiger partial charge in [-0.05, 0) is 30.7 Å². The molecule has 0 spiro atoms. The number of aliphatic hydroxyl groups is 1. The van der Waals surface area contributed by atoms with Crippen molar-refractivity contribution in [1.29, 1.82) is 0 Å². The summed E-state index contributed by atoms with van der Waals surface area (Å²) in [4.78, 5) is 11.8. The number of halogens is 1. The predicted molar refractivity (Wildman–Crippen MR) is 72.3 cm³/mol. The number of carbonyl (C=O) groups excluding carboxylic acids is 1. The van der Waals surface area contributed by atoms with Crippen LogP contribution in [0.15, 0.2) is 28.2 Å². The highest BCUT2D eigenvalue weighted by Gasteiger charge is 2.16. The Morgan fingerprint density at radius 3 is 3.11 bits per heavy atom. The number of carbonyl (C=O) groups is 1. The number of rotatable bonds is 4. The number of fused-ring (bicyclic) bond motifs is 1. The number of hydrogen-bond donors (Lipinski definition) is 2. The number of amides is 1. The molecule has 5 heteroatoms. The van der Waals surface area contributed by atoms with Gasteiger partial charge in [0.1, 0.15) is 12.4 Å². The van der Waals surface area contributed by atoms with Crippen LogP contribution in [-0.2, 0) is 4.79 Å². The smallest absolute Gasteiger partial charge is 0.250 e. The Hall–Kier alpha value is -1.33. The van der Waals surface area contributed by atoms with Crippen molar-refractivity contribution in [3.63, 3.8) is 0 Å². The molecule has 0 saturated carbocycles. The molecule has 4 nitrogen and oxygen atoms in total. The van der Waals surface area contributed by atoms with Crippen LogP contribution in [0.4, 0.5) is 0 Å². The van der Waals surface area contributed by atoms with Crippen molar-refractivity contribution in [2.75, 3.05) is 19.8 Å². The second-order valence-corrected chi connectivity index (χ2v) is 4.89. The van der Waals surface area contributed by atoms with Crippen molar-refractivity contribution in [3.8, 4) is 5.75 Å². The lowest BCUT2D eigenvalue weighted by molar-refractivity contribution is -0.117. The quantitative estimate of drug-likeness (QED) is 0.833. The zero-order valence-electron chi connectivity index (χ0n) is 9.78. The van der Waals surface area contributed by atoms with E-state index in [-0.39, 0.29) is 19.1 Å². The fourth-order valence-electron chi connectivity index (χ4n) is 1.67. The normalized spacial score (nSPS) is 13.3. The first-order valence-corrected chi connectivity index (χ1v) is 6.52. The van der Waals surface area contributed by atoms with E-state index < -0.39 is 0 Å². The van der Waals surface area contributed by atoms with Gasteiger partial charge in [0, 0.05) is 23.2 Å². The fraction of sp³-hybridized carbons (Fsp3) is 0.308. The Morgan fingerprint density at radius 2 is 2.33 bits per heavy atom. The van der Waals surface area contributed by atoms with E-state index in [1.807, 2.05) is 24.3 Å². The van der Waals surface area contributed by atoms with E-state index in [1.54, 1.807) is 0 Å². The highest BCUT2D eigenvalue weighted by molar-refractivity contribution is 9.10. The van der Waals surface area contributed by atoms with Crippen LogP contribution in [-0.4, -0.2) is 30.8 Å². The molecule has 0 atom stereocenters. The van der Waals surface area contributed by atoms with Crippen LogP contribution < -0.4 is 10.1 Å². The minimum Gasteiger partial charge on any atom is -0.488 e. The monoisotopic (exact) mass is 311 g/mol. The van der Waals surface area contributed by atoms with Gasteiger partial charge >= 0.3 is 0 Å². The third-order valence-corrected chi connectivity index (χ3v) is 3.09. The lowest BCUT2D eigenvalue weighted by atomic mass is 10.1. The summed E-state index contributed by atoms with van der Waals surface area (Å²) in [6, 6.07) is 5.69. The summed E-state index contributed by atoms with van der Waals surface area (Å²) in [5.41, 5.74) is 1.49. The standard InChI is InChI=1S/C13H14BrNO3/c14-11-2-3-12-9(7-11)6-10(8-18-12)13(17)15-4-1-5-16/h2-3,6-7,16H,1,4-5,8H2,(H,15,17). The molecule has 0 fully saturated rings. The Bertz CT molecular complexity index is 485. The van der Waals surface area contributed by atoms with Crippen LogP contribution in [0, 0.1) is 0 Å². The molecular weight excluding hydrogens is 298 g/mol. The minimum absolute atomic E-state index is 0.0750. The zero-order valence-corrected chi connectivity index (χ0v) is 11.4. The number of benzene rings is 1. The fourth-order valence-corrected chi connectivity index (χ4v) is 2.05. The van der Waals surface area contributed by atoms with Crippen molar-refractivity contribution in [2.24, 2.45) is 0 Å². The molecule has 18 heavy (non-hydrogen) atoms. The van der Waals surface area contributed by atoms with Crippen molar-refractivity contribution >= 4 is 27.9 Å². The van der Waals surface area contributed by atoms with Gasteiger partial charge in [-0.3, -0.25) is 4.79 Å². The van der Waals surface area contributed by atoms with Crippen LogP contribution in [0.5, 0.6) is 5.75 Å². The van der Waals surface area contributed by atoms with Gasteiger partial charge in [0.2, 0.25) is 0 Å². The molecule has 1 amide bonds. The first-order valence-electron chi connectivity index (χ1n) is 5.72. The molecule has 2 N–H and O–H groups in total. The van der Waals surface area contributed by atoms with Gasteiger partial charge in [-0.1, -0.05) is 15.9 Å². The molecule has 1 aromatic carbocycles. The Balaban J connectivity index is 2.09. The van der Waals surface area contributed by atoms with Gasteiger partial charge in [0.25, 0.3) is 5.91 Å². The van der Waals surface area contributed by atoms with Gasteiger partial charge < -0.3 is 15.2 Å². The van der Waals surface area contributed by atoms with E-state index in [1.165, 1.54) is 0 Å². The molecule has 1 aliphatic heterocycles. The van der Waals surface area contributed by atoms with E-state index in [0.29, 0.717) is 18.5 Å². The van der Waals surface area contributed by atoms with E-state index in [9.17, 15) is 4.79 Å². The topological polar surface area (TPSA) is 58.6 Å². The van der Waals surface area contributed by atoms with Crippen LogP contribution in [0.1, 0.15) is 12.0 Å². The van der Waals surface area contributed by atoms with Gasteiger partial charge in [0.15, 0.2) is 0 Å². The molecule has 2 rings (SSSR count). The number of aliphatic hydroxyl groups excluding tert-OH is 1. The highest BCUT2D eigenvalue weighted by atomic mass is 79.9. The molecule has 0 saturated heterocycles. The first kappa shape index (κ1) is 13.1. The van der Waals surface area contributed by atoms with Crippen LogP contribution >= 0.6 is 15.9 Å². The summed E-state index contributed by atoms with van der Waals surface area (Å²) in [6.07, 6.45) is 2.39. The maximum absolute atomic E-state index is 11.8. The lowest BCUT2D eigenvalue weighted by Crippen LogP contribution is -2.29. The Morgan fingerprint density at radius 1 is 1.50 bits per heavy atom. The summed E-state index contributed by atoms with van der Waals surface area (Å²) in [6.45, 7) is 0.823. The summed E-state index contributed by atoms with van der Waals surface area (Å²) < 4.78 is 6.47. The van der Waals surface area contributed by atoms with Gasteiger partial charge in [0.05, 0.1) is 5.57 Å². The highest BCUT2D eigenvalue weighted by Crippen LogP contribution is 2.29. The third-order valence-electron chi connectivity index (χ3n) is 2.60. The van der Waals surface area contributed by atoms with Gasteiger partial charge in [-0.2, -0.15) is 0 Å². The largest absolute Gasteiger partial charge is 0.488 e. The van der Waals surface area contributed by atoms with E-state index in [2.05, 4.69) is 21.2 Å². The van der Waals surface area contributed by atoms with Crippen molar-refractivity contribution in [2.45, 2.75) is 6.42 Å². The summed E-state index contributed by atoms with van der Waals surface area (Å²) in [5, 5.41) is 11.4. The molecule has 0 radical (unpaired) electrons. The lowest BCUT2D eigenvalue weighted by Gasteiger charge is -2.17. The summed E-state index contributed by atoms with van der Waals surface area (Å²) in [7, 11) is 0. The summed E-state index contributed by atoms with van der Waals surface area (Å²) in [5.74, 6) is 0.638. The molecule has 1 aromatic rings. The van der Waals surface area contributed by atoms with E-state index >= 15 is 0 Å². The number of hydrogen-bond acceptors (Lipinski definition) is 3. The SMILES string of the molecule is O=C(NCCCO)C1=Cc2cc(Br)ccc2OC1. The predicted octanol–water partition coefficient (Wildman–Crippen LogP) is 1.72. The Labute approximate surface area is 114 Å². The molecular formula is C13H14BrNO3. The second-order valence-electron chi connectivity index (χ2n) is 3.97. The second kappa shape index (κ2) is 6.02. The zero-order chi connectivity index (χ0) is 13.0. The Kier molecular flexibility index (Phi) is 4.38. The summed E-state index contributed by atoms with van der Waals surface area (Å²) >= 11 is 3.39. The first-order chi connectivity index (χ1) is 8.70. The van der Waals surface area contributed by atoms with Crippen molar-refractivity contribution < 1.29 is 14.6 Å². The third kappa shape index (κ3) is 3.11. The van der Waals surface area contributed by atoms with Gasteiger partial charge in [-0.25, -0.2) is 0 Å². The van der Waals surface area contributed by atoms with Crippen LogP contribution in [0.2, 0.25) is 0 Å². The van der Waals surface area contributed by atoms with Crippen LogP contribution in [0.25, 0.3) is 6.08 Å². The van der Waals surface area contributed by atoms with Crippen molar-refractivity contribution in [1.82, 2.24) is 5.32 Å². The molecule has 1 aliphatic rings. The maximum atomic E-state index is 11.8. The molecule has 96 valence electrons. The van der Waals surface area contributed by atoms with Gasteiger partial charge in [-0.15, -0.1) is 0 Å². The average Bonchev–Trinajstić information content (AvgIpc) is 2.38. The maximum Gasteiger partial charge on any atom is 0.250 e.